The first-order chi connectivity index (χ1) is 12.2. The second-order valence-electron chi connectivity index (χ2n) is 8.44. The number of amides is 2. The van der Waals surface area contributed by atoms with Crippen LogP contribution in [-0.2, 0) is 0 Å². The van der Waals surface area contributed by atoms with Gasteiger partial charge in [-0.25, -0.2) is 4.79 Å². The van der Waals surface area contributed by atoms with Crippen LogP contribution in [0.4, 0.5) is 10.5 Å². The zero-order valence-corrected chi connectivity index (χ0v) is 17.0. The van der Waals surface area contributed by atoms with Gasteiger partial charge in [0.1, 0.15) is 0 Å². The molecule has 5 nitrogen and oxygen atoms in total. The molecule has 1 saturated heterocycles. The molecule has 1 fully saturated rings. The van der Waals surface area contributed by atoms with Crippen molar-refractivity contribution in [1.82, 2.24) is 9.80 Å². The normalized spacial score (nSPS) is 17.8. The Balaban J connectivity index is 1.91. The molecule has 0 aliphatic carbocycles. The van der Waals surface area contributed by atoms with E-state index in [0.717, 1.165) is 50.0 Å². The Morgan fingerprint density at radius 2 is 1.88 bits per heavy atom. The number of carbonyl (C=O) groups is 1. The lowest BCUT2D eigenvalue weighted by Crippen LogP contribution is -2.46. The van der Waals surface area contributed by atoms with Crippen molar-refractivity contribution in [2.45, 2.75) is 58.6 Å². The molecule has 1 aromatic rings. The lowest BCUT2D eigenvalue weighted by molar-refractivity contribution is 0.112. The largest absolute Gasteiger partial charge is 0.388 e. The van der Waals surface area contributed by atoms with Crippen molar-refractivity contribution in [2.24, 2.45) is 5.41 Å². The van der Waals surface area contributed by atoms with Gasteiger partial charge in [-0.2, -0.15) is 0 Å². The third-order valence-corrected chi connectivity index (χ3v) is 5.81. The maximum absolute atomic E-state index is 12.5. The Morgan fingerprint density at radius 3 is 2.42 bits per heavy atom. The molecule has 1 atom stereocenters. The van der Waals surface area contributed by atoms with E-state index in [1.165, 1.54) is 0 Å². The number of anilines is 1. The fourth-order valence-corrected chi connectivity index (χ4v) is 3.33. The van der Waals surface area contributed by atoms with Gasteiger partial charge in [0.05, 0.1) is 6.10 Å². The molecule has 1 aliphatic heterocycles. The van der Waals surface area contributed by atoms with E-state index in [4.69, 9.17) is 0 Å². The molecule has 1 unspecified atom stereocenters. The smallest absolute Gasteiger partial charge is 0.321 e. The van der Waals surface area contributed by atoms with Gasteiger partial charge in [0.25, 0.3) is 0 Å². The Bertz CT molecular complexity index is 577. The first-order valence-electron chi connectivity index (χ1n) is 9.72. The lowest BCUT2D eigenvalue weighted by atomic mass is 9.82. The summed E-state index contributed by atoms with van der Waals surface area (Å²) in [7, 11) is 3.99. The van der Waals surface area contributed by atoms with Crippen molar-refractivity contribution >= 4 is 11.7 Å². The molecule has 2 amide bonds. The monoisotopic (exact) mass is 361 g/mol. The number of nitrogens with zero attached hydrogens (tertiary/aromatic N) is 2. The number of hydrogen-bond donors (Lipinski definition) is 2. The number of urea groups is 1. The first-order valence-corrected chi connectivity index (χ1v) is 9.72. The van der Waals surface area contributed by atoms with E-state index >= 15 is 0 Å². The molecule has 146 valence electrons. The average Bonchev–Trinajstić information content (AvgIpc) is 2.62. The van der Waals surface area contributed by atoms with Crippen LogP contribution in [0, 0.1) is 5.41 Å². The molecule has 0 saturated carbocycles. The molecule has 1 heterocycles. The molecule has 0 aromatic heterocycles. The van der Waals surface area contributed by atoms with Crippen molar-refractivity contribution in [2.75, 3.05) is 32.5 Å². The van der Waals surface area contributed by atoms with E-state index in [1.54, 1.807) is 0 Å². The Hall–Kier alpha value is -1.59. The highest BCUT2D eigenvalue weighted by Crippen LogP contribution is 2.32. The molecule has 2 N–H and O–H groups in total. The minimum absolute atomic E-state index is 0.0695. The zero-order chi connectivity index (χ0) is 19.3. The van der Waals surface area contributed by atoms with E-state index in [-0.39, 0.29) is 11.4 Å². The summed E-state index contributed by atoms with van der Waals surface area (Å²) < 4.78 is 0. The van der Waals surface area contributed by atoms with Crippen LogP contribution in [0.15, 0.2) is 24.3 Å². The average molecular weight is 362 g/mol. The molecule has 1 aromatic carbocycles. The number of aliphatic hydroxyl groups is 1. The van der Waals surface area contributed by atoms with Gasteiger partial charge >= 0.3 is 6.03 Å². The fourth-order valence-electron chi connectivity index (χ4n) is 3.33. The van der Waals surface area contributed by atoms with Crippen LogP contribution in [0.1, 0.15) is 58.1 Å². The summed E-state index contributed by atoms with van der Waals surface area (Å²) in [6.45, 7) is 8.55. The number of benzene rings is 1. The van der Waals surface area contributed by atoms with Crippen LogP contribution in [0.5, 0.6) is 0 Å². The second-order valence-corrected chi connectivity index (χ2v) is 8.44. The van der Waals surface area contributed by atoms with Gasteiger partial charge in [-0.1, -0.05) is 39.3 Å². The summed E-state index contributed by atoms with van der Waals surface area (Å²) >= 11 is 0. The van der Waals surface area contributed by atoms with E-state index in [1.807, 2.05) is 36.2 Å². The fraction of sp³-hybridized carbons (Fsp3) is 0.667. The molecule has 2 rings (SSSR count). The molecule has 1 aliphatic rings. The van der Waals surface area contributed by atoms with Gasteiger partial charge in [0.2, 0.25) is 0 Å². The molecule has 5 heteroatoms. The third-order valence-electron chi connectivity index (χ3n) is 5.81. The van der Waals surface area contributed by atoms with Crippen molar-refractivity contribution in [3.8, 4) is 0 Å². The van der Waals surface area contributed by atoms with Crippen LogP contribution < -0.4 is 5.32 Å². The predicted octanol–water partition coefficient (Wildman–Crippen LogP) is 4.10. The van der Waals surface area contributed by atoms with E-state index < -0.39 is 6.10 Å². The topological polar surface area (TPSA) is 55.8 Å². The quantitative estimate of drug-likeness (QED) is 0.802. The molecule has 26 heavy (non-hydrogen) atoms. The van der Waals surface area contributed by atoms with Crippen molar-refractivity contribution in [3.63, 3.8) is 0 Å². The van der Waals surface area contributed by atoms with Gasteiger partial charge < -0.3 is 20.2 Å². The summed E-state index contributed by atoms with van der Waals surface area (Å²) in [5.74, 6) is 0. The van der Waals surface area contributed by atoms with Crippen molar-refractivity contribution in [3.05, 3.63) is 29.8 Å². The minimum atomic E-state index is -0.475. The number of rotatable bonds is 6. The Morgan fingerprint density at radius 1 is 1.31 bits per heavy atom. The van der Waals surface area contributed by atoms with Crippen LogP contribution in [0.2, 0.25) is 0 Å². The van der Waals surface area contributed by atoms with Crippen LogP contribution in [0.3, 0.4) is 0 Å². The van der Waals surface area contributed by atoms with E-state index in [9.17, 15) is 9.90 Å². The summed E-state index contributed by atoms with van der Waals surface area (Å²) in [5, 5.41) is 13.4. The standard InChI is InChI=1S/C21H35N3O2/c1-6-21(2,3)15-19(25)16-7-9-17(10-8-16)22-20(26)24(5)18-11-13-23(4)14-12-18/h7-10,18-19,25H,6,11-15H2,1-5H3,(H,22,26). The highest BCUT2D eigenvalue weighted by Gasteiger charge is 2.24. The number of piperidine rings is 1. The van der Waals surface area contributed by atoms with Crippen LogP contribution in [0.25, 0.3) is 0 Å². The first kappa shape index (κ1) is 20.7. The van der Waals surface area contributed by atoms with Crippen molar-refractivity contribution < 1.29 is 9.90 Å². The lowest BCUT2D eigenvalue weighted by Gasteiger charge is -2.35. The molecule has 0 radical (unpaired) electrons. The summed E-state index contributed by atoms with van der Waals surface area (Å²) in [5.41, 5.74) is 1.77. The number of carbonyl (C=O) groups excluding carboxylic acids is 1. The van der Waals surface area contributed by atoms with Gasteiger partial charge in [-0.15, -0.1) is 0 Å². The highest BCUT2D eigenvalue weighted by atomic mass is 16.3. The number of nitrogens with one attached hydrogen (secondary N) is 1. The summed E-state index contributed by atoms with van der Waals surface area (Å²) in [4.78, 5) is 16.6. The van der Waals surface area contributed by atoms with E-state index in [0.29, 0.717) is 6.04 Å². The molecule has 0 spiro atoms. The van der Waals surface area contributed by atoms with Gasteiger partial charge in [0.15, 0.2) is 0 Å². The maximum Gasteiger partial charge on any atom is 0.321 e. The van der Waals surface area contributed by atoms with Gasteiger partial charge in [-0.05, 0) is 62.5 Å². The number of likely N-dealkylation sites (tertiary alicyclic amines) is 1. The van der Waals surface area contributed by atoms with Crippen LogP contribution >= 0.6 is 0 Å². The highest BCUT2D eigenvalue weighted by molar-refractivity contribution is 5.89. The zero-order valence-electron chi connectivity index (χ0n) is 17.0. The van der Waals surface area contributed by atoms with Crippen LogP contribution in [-0.4, -0.2) is 54.2 Å². The summed E-state index contributed by atoms with van der Waals surface area (Å²) in [6.07, 6.45) is 3.31. The molecule has 0 bridgehead atoms. The Labute approximate surface area is 158 Å². The molecular formula is C21H35N3O2. The van der Waals surface area contributed by atoms with Gasteiger partial charge in [-0.3, -0.25) is 0 Å². The van der Waals surface area contributed by atoms with Crippen molar-refractivity contribution in [1.29, 1.82) is 0 Å². The predicted molar refractivity (Wildman–Crippen MR) is 107 cm³/mol. The minimum Gasteiger partial charge on any atom is -0.388 e. The SMILES string of the molecule is CCC(C)(C)CC(O)c1ccc(NC(=O)N(C)C2CCN(C)CC2)cc1. The van der Waals surface area contributed by atoms with Gasteiger partial charge in [0, 0.05) is 18.8 Å². The number of aliphatic hydroxyl groups excluding tert-OH is 1. The summed E-state index contributed by atoms with van der Waals surface area (Å²) in [6, 6.07) is 7.78. The Kier molecular flexibility index (Phi) is 7.07. The second kappa shape index (κ2) is 8.87. The third kappa shape index (κ3) is 5.71. The maximum atomic E-state index is 12.5. The number of hydrogen-bond acceptors (Lipinski definition) is 3. The van der Waals surface area contributed by atoms with E-state index in [2.05, 4.69) is 38.0 Å². The molecular weight excluding hydrogens is 326 g/mol.